The molecule has 0 spiro atoms. The van der Waals surface area contributed by atoms with E-state index < -0.39 is 28.5 Å². The van der Waals surface area contributed by atoms with Crippen molar-refractivity contribution in [3.8, 4) is 11.5 Å². The van der Waals surface area contributed by atoms with Gasteiger partial charge in [0, 0.05) is 25.1 Å². The standard InChI is InChI=1S/C33H39N3O6S/c1-24-9-8-12-26(19-24)22-35(29(20-25-10-4-3-5-11-25)33(38)34-27-13-6-7-14-27)32(37)23-36(43(2,39)40)28-15-16-30-31(21-28)42-18-17-41-30/h3-5,8-12,15-16,19,21,27,29H,6-7,13-14,17-18,20,22-23H2,1-2H3,(H,34,38)/t29-/m0/s1. The van der Waals surface area contributed by atoms with Gasteiger partial charge in [0.1, 0.15) is 25.8 Å². The Hall–Kier alpha value is -4.05. The van der Waals surface area contributed by atoms with Crippen LogP contribution < -0.4 is 19.1 Å². The van der Waals surface area contributed by atoms with Gasteiger partial charge in [0.2, 0.25) is 21.8 Å². The molecule has 43 heavy (non-hydrogen) atoms. The van der Waals surface area contributed by atoms with Gasteiger partial charge in [-0.25, -0.2) is 8.42 Å². The number of benzene rings is 3. The fraction of sp³-hybridized carbons (Fsp3) is 0.394. The van der Waals surface area contributed by atoms with E-state index in [0.29, 0.717) is 31.1 Å². The number of rotatable bonds is 11. The van der Waals surface area contributed by atoms with Gasteiger partial charge in [0.15, 0.2) is 11.5 Å². The van der Waals surface area contributed by atoms with Gasteiger partial charge in [0.25, 0.3) is 0 Å². The van der Waals surface area contributed by atoms with Crippen LogP contribution in [0.25, 0.3) is 0 Å². The average Bonchev–Trinajstić information content (AvgIpc) is 3.50. The summed E-state index contributed by atoms with van der Waals surface area (Å²) in [5.41, 5.74) is 3.06. The lowest BCUT2D eigenvalue weighted by Gasteiger charge is -2.34. The molecule has 0 unspecified atom stereocenters. The first kappa shape index (κ1) is 30.4. The quantitative estimate of drug-likeness (QED) is 0.351. The van der Waals surface area contributed by atoms with E-state index in [-0.39, 0.29) is 24.2 Å². The number of hydrogen-bond acceptors (Lipinski definition) is 6. The van der Waals surface area contributed by atoms with Crippen LogP contribution in [0.3, 0.4) is 0 Å². The number of fused-ring (bicyclic) bond motifs is 1. The molecule has 9 nitrogen and oxygen atoms in total. The van der Waals surface area contributed by atoms with Crippen molar-refractivity contribution in [3.63, 3.8) is 0 Å². The zero-order valence-corrected chi connectivity index (χ0v) is 25.5. The van der Waals surface area contributed by atoms with Crippen LogP contribution in [0.2, 0.25) is 0 Å². The van der Waals surface area contributed by atoms with Gasteiger partial charge in [-0.3, -0.25) is 13.9 Å². The summed E-state index contributed by atoms with van der Waals surface area (Å²) in [5.74, 6) is 0.216. The number of anilines is 1. The van der Waals surface area contributed by atoms with Gasteiger partial charge in [-0.05, 0) is 43.0 Å². The van der Waals surface area contributed by atoms with Crippen molar-refractivity contribution in [1.29, 1.82) is 0 Å². The molecule has 10 heteroatoms. The van der Waals surface area contributed by atoms with Crippen molar-refractivity contribution in [2.24, 2.45) is 0 Å². The predicted molar refractivity (Wildman–Crippen MR) is 166 cm³/mol. The highest BCUT2D eigenvalue weighted by molar-refractivity contribution is 7.92. The van der Waals surface area contributed by atoms with Crippen LogP contribution >= 0.6 is 0 Å². The summed E-state index contributed by atoms with van der Waals surface area (Å²) >= 11 is 0. The second kappa shape index (κ2) is 13.5. The smallest absolute Gasteiger partial charge is 0.244 e. The minimum atomic E-state index is -3.89. The molecule has 1 heterocycles. The number of aryl methyl sites for hydroxylation is 1. The topological polar surface area (TPSA) is 105 Å². The molecule has 1 fully saturated rings. The SMILES string of the molecule is Cc1cccc(CN(C(=O)CN(c2ccc3c(c2)OCCO3)S(C)(=O)=O)[C@@H](Cc2ccccc2)C(=O)NC2CCCC2)c1. The lowest BCUT2D eigenvalue weighted by molar-refractivity contribution is -0.140. The Morgan fingerprint density at radius 2 is 1.60 bits per heavy atom. The van der Waals surface area contributed by atoms with E-state index in [9.17, 15) is 18.0 Å². The van der Waals surface area contributed by atoms with Gasteiger partial charge in [0.05, 0.1) is 11.9 Å². The van der Waals surface area contributed by atoms with Crippen molar-refractivity contribution < 1.29 is 27.5 Å². The van der Waals surface area contributed by atoms with Gasteiger partial charge >= 0.3 is 0 Å². The number of nitrogens with one attached hydrogen (secondary N) is 1. The second-order valence-corrected chi connectivity index (χ2v) is 13.2. The normalized spacial score (nSPS) is 15.5. The van der Waals surface area contributed by atoms with Crippen molar-refractivity contribution in [1.82, 2.24) is 10.2 Å². The van der Waals surface area contributed by atoms with Crippen molar-refractivity contribution in [2.75, 3.05) is 30.3 Å². The summed E-state index contributed by atoms with van der Waals surface area (Å²) in [7, 11) is -3.89. The molecule has 0 bridgehead atoms. The van der Waals surface area contributed by atoms with Crippen molar-refractivity contribution in [2.45, 2.75) is 57.7 Å². The van der Waals surface area contributed by atoms with Crippen LogP contribution in [0.15, 0.2) is 72.8 Å². The maximum Gasteiger partial charge on any atom is 0.244 e. The molecule has 1 atom stereocenters. The third-order valence-electron chi connectivity index (χ3n) is 7.90. The predicted octanol–water partition coefficient (Wildman–Crippen LogP) is 4.23. The van der Waals surface area contributed by atoms with E-state index in [4.69, 9.17) is 9.47 Å². The van der Waals surface area contributed by atoms with E-state index in [1.807, 2.05) is 61.5 Å². The largest absolute Gasteiger partial charge is 0.486 e. The Morgan fingerprint density at radius 3 is 2.30 bits per heavy atom. The summed E-state index contributed by atoms with van der Waals surface area (Å²) in [4.78, 5) is 29.8. The van der Waals surface area contributed by atoms with Crippen molar-refractivity contribution >= 4 is 27.5 Å². The molecule has 1 N–H and O–H groups in total. The van der Waals surface area contributed by atoms with E-state index >= 15 is 0 Å². The molecule has 1 aliphatic carbocycles. The van der Waals surface area contributed by atoms with E-state index in [2.05, 4.69) is 5.32 Å². The molecular weight excluding hydrogens is 566 g/mol. The maximum atomic E-state index is 14.3. The molecule has 228 valence electrons. The van der Waals surface area contributed by atoms with Gasteiger partial charge < -0.3 is 19.7 Å². The lowest BCUT2D eigenvalue weighted by atomic mass is 10.0. The summed E-state index contributed by atoms with van der Waals surface area (Å²) in [6, 6.07) is 21.4. The summed E-state index contributed by atoms with van der Waals surface area (Å²) < 4.78 is 38.5. The Balaban J connectivity index is 1.50. The summed E-state index contributed by atoms with van der Waals surface area (Å²) in [5, 5.41) is 3.19. The number of ether oxygens (including phenoxy) is 2. The lowest BCUT2D eigenvalue weighted by Crippen LogP contribution is -2.54. The molecule has 5 rings (SSSR count). The highest BCUT2D eigenvalue weighted by atomic mass is 32.2. The highest BCUT2D eigenvalue weighted by Crippen LogP contribution is 2.35. The average molecular weight is 606 g/mol. The number of hydrogen-bond donors (Lipinski definition) is 1. The molecule has 1 aliphatic heterocycles. The fourth-order valence-corrected chi connectivity index (χ4v) is 6.57. The highest BCUT2D eigenvalue weighted by Gasteiger charge is 2.34. The number of sulfonamides is 1. The Bertz CT molecular complexity index is 1540. The van der Waals surface area contributed by atoms with E-state index in [0.717, 1.165) is 52.9 Å². The Kier molecular flexibility index (Phi) is 9.55. The minimum Gasteiger partial charge on any atom is -0.486 e. The number of carbonyl (C=O) groups excluding carboxylic acids is 2. The Labute approximate surface area is 253 Å². The Morgan fingerprint density at radius 1 is 0.907 bits per heavy atom. The molecule has 3 aromatic rings. The molecular formula is C33H39N3O6S. The maximum absolute atomic E-state index is 14.3. The van der Waals surface area contributed by atoms with Crippen molar-refractivity contribution in [3.05, 3.63) is 89.5 Å². The second-order valence-electron chi connectivity index (χ2n) is 11.3. The van der Waals surface area contributed by atoms with Crippen LogP contribution in [0.5, 0.6) is 11.5 Å². The summed E-state index contributed by atoms with van der Waals surface area (Å²) in [6.07, 6.45) is 5.28. The first-order valence-electron chi connectivity index (χ1n) is 14.7. The van der Waals surface area contributed by atoms with Crippen LogP contribution in [-0.2, 0) is 32.6 Å². The molecule has 0 saturated heterocycles. The first-order chi connectivity index (χ1) is 20.7. The first-order valence-corrected chi connectivity index (χ1v) is 16.6. The van der Waals surface area contributed by atoms with Gasteiger partial charge in [-0.15, -0.1) is 0 Å². The summed E-state index contributed by atoms with van der Waals surface area (Å²) in [6.45, 7) is 2.38. The van der Waals surface area contributed by atoms with E-state index in [1.165, 1.54) is 4.90 Å². The van der Waals surface area contributed by atoms with Crippen LogP contribution in [-0.4, -0.2) is 63.2 Å². The molecule has 2 amide bonds. The third-order valence-corrected chi connectivity index (χ3v) is 9.04. The zero-order chi connectivity index (χ0) is 30.4. The molecule has 3 aromatic carbocycles. The van der Waals surface area contributed by atoms with E-state index in [1.54, 1.807) is 18.2 Å². The monoisotopic (exact) mass is 605 g/mol. The number of amides is 2. The van der Waals surface area contributed by atoms with Crippen LogP contribution in [0.1, 0.15) is 42.4 Å². The number of carbonyl (C=O) groups is 2. The third kappa shape index (κ3) is 7.87. The van der Waals surface area contributed by atoms with Gasteiger partial charge in [-0.2, -0.15) is 0 Å². The molecule has 1 saturated carbocycles. The molecule has 0 radical (unpaired) electrons. The molecule has 0 aromatic heterocycles. The minimum absolute atomic E-state index is 0.0620. The number of nitrogens with zero attached hydrogens (tertiary/aromatic N) is 2. The fourth-order valence-electron chi connectivity index (χ4n) is 5.73. The molecule has 2 aliphatic rings. The van der Waals surface area contributed by atoms with Crippen LogP contribution in [0.4, 0.5) is 5.69 Å². The van der Waals surface area contributed by atoms with Crippen LogP contribution in [0, 0.1) is 6.92 Å². The zero-order valence-electron chi connectivity index (χ0n) is 24.7. The van der Waals surface area contributed by atoms with Gasteiger partial charge in [-0.1, -0.05) is 73.0 Å².